The summed E-state index contributed by atoms with van der Waals surface area (Å²) >= 11 is 4.45. The third-order valence-corrected chi connectivity index (χ3v) is 4.66. The molecule has 1 atom stereocenters. The summed E-state index contributed by atoms with van der Waals surface area (Å²) in [5.74, 6) is 2.37. The van der Waals surface area contributed by atoms with Gasteiger partial charge in [0.25, 0.3) is 0 Å². The minimum absolute atomic E-state index is 0.246. The molecule has 0 bridgehead atoms. The molecule has 1 nitrogen and oxygen atoms in total. The van der Waals surface area contributed by atoms with Crippen molar-refractivity contribution >= 4 is 12.6 Å². The summed E-state index contributed by atoms with van der Waals surface area (Å²) in [4.78, 5) is 0. The Kier molecular flexibility index (Phi) is 4.83. The predicted octanol–water partition coefficient (Wildman–Crippen LogP) is 4.54. The Labute approximate surface area is 123 Å². The van der Waals surface area contributed by atoms with Crippen molar-refractivity contribution in [1.29, 1.82) is 0 Å². The molecule has 1 aliphatic rings. The van der Waals surface area contributed by atoms with Crippen LogP contribution in [0.2, 0.25) is 0 Å². The molecule has 0 fully saturated rings. The Bertz CT molecular complexity index is 420. The summed E-state index contributed by atoms with van der Waals surface area (Å²) in [7, 11) is 0. The van der Waals surface area contributed by atoms with Crippen molar-refractivity contribution in [2.75, 3.05) is 12.4 Å². The number of aryl methyl sites for hydroxylation is 2. The van der Waals surface area contributed by atoms with Crippen LogP contribution in [0.1, 0.15) is 44.7 Å². The summed E-state index contributed by atoms with van der Waals surface area (Å²) < 4.78 is 6.00. The Morgan fingerprint density at radius 2 is 1.84 bits per heavy atom. The fourth-order valence-electron chi connectivity index (χ4n) is 2.57. The Balaban J connectivity index is 1.99. The number of thiol groups is 1. The average molecular weight is 278 g/mol. The lowest BCUT2D eigenvalue weighted by Gasteiger charge is -2.29. The standard InChI is InChI=1S/C17H26OS/c1-17(2,3)15(12-19)11-18-16-9-8-13-6-4-5-7-14(13)10-16/h8-10,15,19H,4-7,11-12H2,1-3H3. The van der Waals surface area contributed by atoms with E-state index in [1.165, 1.54) is 36.8 Å². The Morgan fingerprint density at radius 3 is 2.47 bits per heavy atom. The van der Waals surface area contributed by atoms with Gasteiger partial charge in [0, 0.05) is 5.92 Å². The average Bonchev–Trinajstić information content (AvgIpc) is 2.37. The number of benzene rings is 1. The highest BCUT2D eigenvalue weighted by Crippen LogP contribution is 2.29. The van der Waals surface area contributed by atoms with E-state index in [0.717, 1.165) is 18.1 Å². The smallest absolute Gasteiger partial charge is 0.119 e. The topological polar surface area (TPSA) is 9.23 Å². The summed E-state index contributed by atoms with van der Waals surface area (Å²) in [5.41, 5.74) is 3.25. The van der Waals surface area contributed by atoms with Crippen molar-refractivity contribution in [2.45, 2.75) is 46.5 Å². The van der Waals surface area contributed by atoms with Crippen LogP contribution in [0.5, 0.6) is 5.75 Å². The first-order valence-electron chi connectivity index (χ1n) is 7.36. The number of ether oxygens (including phenoxy) is 1. The molecule has 0 spiro atoms. The van der Waals surface area contributed by atoms with Gasteiger partial charge in [0.1, 0.15) is 5.75 Å². The minimum Gasteiger partial charge on any atom is -0.493 e. The zero-order chi connectivity index (χ0) is 13.9. The van der Waals surface area contributed by atoms with Crippen molar-refractivity contribution in [2.24, 2.45) is 11.3 Å². The van der Waals surface area contributed by atoms with Gasteiger partial charge in [0.05, 0.1) is 6.61 Å². The molecular weight excluding hydrogens is 252 g/mol. The highest BCUT2D eigenvalue weighted by Gasteiger charge is 2.24. The van der Waals surface area contributed by atoms with Crippen molar-refractivity contribution in [3.05, 3.63) is 29.3 Å². The van der Waals surface area contributed by atoms with E-state index in [-0.39, 0.29) is 5.41 Å². The fourth-order valence-corrected chi connectivity index (χ4v) is 3.23. The first kappa shape index (κ1) is 14.8. The van der Waals surface area contributed by atoms with Crippen molar-refractivity contribution < 1.29 is 4.74 Å². The molecule has 0 aromatic heterocycles. The van der Waals surface area contributed by atoms with Crippen LogP contribution in [-0.2, 0) is 12.8 Å². The maximum Gasteiger partial charge on any atom is 0.119 e. The molecule has 0 N–H and O–H groups in total. The van der Waals surface area contributed by atoms with Gasteiger partial charge in [-0.1, -0.05) is 26.8 Å². The lowest BCUT2D eigenvalue weighted by molar-refractivity contribution is 0.165. The van der Waals surface area contributed by atoms with E-state index in [9.17, 15) is 0 Å². The maximum atomic E-state index is 6.00. The van der Waals surface area contributed by atoms with Crippen LogP contribution in [-0.4, -0.2) is 12.4 Å². The van der Waals surface area contributed by atoms with Crippen LogP contribution in [0.25, 0.3) is 0 Å². The summed E-state index contributed by atoms with van der Waals surface area (Å²) in [5, 5.41) is 0. The second kappa shape index (κ2) is 6.21. The van der Waals surface area contributed by atoms with Crippen LogP contribution >= 0.6 is 12.6 Å². The fraction of sp³-hybridized carbons (Fsp3) is 0.647. The van der Waals surface area contributed by atoms with Crippen LogP contribution in [0.4, 0.5) is 0 Å². The SMILES string of the molecule is CC(C)(C)C(CS)COc1ccc2c(c1)CCCC2. The molecule has 2 rings (SSSR count). The number of hydrogen-bond acceptors (Lipinski definition) is 2. The van der Waals surface area contributed by atoms with Crippen molar-refractivity contribution in [1.82, 2.24) is 0 Å². The van der Waals surface area contributed by atoms with Crippen LogP contribution in [0.3, 0.4) is 0 Å². The van der Waals surface area contributed by atoms with E-state index in [1.54, 1.807) is 0 Å². The maximum absolute atomic E-state index is 6.00. The molecule has 1 aliphatic carbocycles. The van der Waals surface area contributed by atoms with Crippen molar-refractivity contribution in [3.63, 3.8) is 0 Å². The van der Waals surface area contributed by atoms with Gasteiger partial charge in [0.2, 0.25) is 0 Å². The summed E-state index contributed by atoms with van der Waals surface area (Å²) in [6.07, 6.45) is 5.09. The van der Waals surface area contributed by atoms with Crippen LogP contribution in [0.15, 0.2) is 18.2 Å². The quantitative estimate of drug-likeness (QED) is 0.796. The minimum atomic E-state index is 0.246. The van der Waals surface area contributed by atoms with E-state index in [1.807, 2.05) is 0 Å². The van der Waals surface area contributed by atoms with Gasteiger partial charge in [-0.05, 0) is 60.1 Å². The molecule has 106 valence electrons. The molecule has 0 amide bonds. The number of fused-ring (bicyclic) bond motifs is 1. The third kappa shape index (κ3) is 3.92. The zero-order valence-electron chi connectivity index (χ0n) is 12.4. The third-order valence-electron chi connectivity index (χ3n) is 4.22. The molecule has 0 saturated carbocycles. The molecule has 0 aliphatic heterocycles. The van der Waals surface area contributed by atoms with Gasteiger partial charge >= 0.3 is 0 Å². The first-order chi connectivity index (χ1) is 9.00. The molecule has 1 aromatic carbocycles. The molecule has 0 radical (unpaired) electrons. The van der Waals surface area contributed by atoms with Gasteiger partial charge in [-0.2, -0.15) is 12.6 Å². The van der Waals surface area contributed by atoms with Gasteiger partial charge in [-0.25, -0.2) is 0 Å². The summed E-state index contributed by atoms with van der Waals surface area (Å²) in [6.45, 7) is 7.52. The molecular formula is C17H26OS. The van der Waals surface area contributed by atoms with E-state index in [2.05, 4.69) is 51.6 Å². The molecule has 19 heavy (non-hydrogen) atoms. The molecule has 2 heteroatoms. The molecule has 0 saturated heterocycles. The normalized spacial score (nSPS) is 16.8. The second-order valence-electron chi connectivity index (χ2n) is 6.69. The number of rotatable bonds is 4. The van der Waals surface area contributed by atoms with Gasteiger partial charge < -0.3 is 4.74 Å². The van der Waals surface area contributed by atoms with Gasteiger partial charge in [-0.3, -0.25) is 0 Å². The Morgan fingerprint density at radius 1 is 1.16 bits per heavy atom. The zero-order valence-corrected chi connectivity index (χ0v) is 13.3. The van der Waals surface area contributed by atoms with E-state index in [0.29, 0.717) is 5.92 Å². The van der Waals surface area contributed by atoms with Crippen molar-refractivity contribution in [3.8, 4) is 5.75 Å². The predicted molar refractivity (Wildman–Crippen MR) is 85.4 cm³/mol. The van der Waals surface area contributed by atoms with E-state index in [4.69, 9.17) is 4.74 Å². The molecule has 0 heterocycles. The van der Waals surface area contributed by atoms with Crippen LogP contribution in [0, 0.1) is 11.3 Å². The van der Waals surface area contributed by atoms with Gasteiger partial charge in [0.15, 0.2) is 0 Å². The highest BCUT2D eigenvalue weighted by atomic mass is 32.1. The van der Waals surface area contributed by atoms with E-state index < -0.39 is 0 Å². The lowest BCUT2D eigenvalue weighted by Crippen LogP contribution is -2.28. The highest BCUT2D eigenvalue weighted by molar-refractivity contribution is 7.80. The summed E-state index contributed by atoms with van der Waals surface area (Å²) in [6, 6.07) is 6.62. The van der Waals surface area contributed by atoms with Crippen LogP contribution < -0.4 is 4.74 Å². The van der Waals surface area contributed by atoms with Gasteiger partial charge in [-0.15, -0.1) is 0 Å². The lowest BCUT2D eigenvalue weighted by atomic mass is 9.82. The Hall–Kier alpha value is -0.630. The molecule has 1 unspecified atom stereocenters. The monoisotopic (exact) mass is 278 g/mol. The van der Waals surface area contributed by atoms with E-state index >= 15 is 0 Å². The number of hydrogen-bond donors (Lipinski definition) is 1. The largest absolute Gasteiger partial charge is 0.493 e. The first-order valence-corrected chi connectivity index (χ1v) is 7.99. The second-order valence-corrected chi connectivity index (χ2v) is 7.06. The molecule has 1 aromatic rings.